The Morgan fingerprint density at radius 1 is 0.970 bits per heavy atom. The molecular formula is C49H53FN10O6. The van der Waals surface area contributed by atoms with Gasteiger partial charge in [0.1, 0.15) is 23.5 Å². The van der Waals surface area contributed by atoms with Gasteiger partial charge >= 0.3 is 11.8 Å². The van der Waals surface area contributed by atoms with Crippen LogP contribution in [0, 0.1) is 25.6 Å². The molecule has 2 N–H and O–H groups in total. The highest BCUT2D eigenvalue weighted by molar-refractivity contribution is 6.00. The summed E-state index contributed by atoms with van der Waals surface area (Å²) in [5.74, 6) is 0.394. The average Bonchev–Trinajstić information content (AvgIpc) is 3.95. The van der Waals surface area contributed by atoms with E-state index >= 15 is 9.18 Å². The summed E-state index contributed by atoms with van der Waals surface area (Å²) in [5, 5.41) is 14.4. The van der Waals surface area contributed by atoms with Gasteiger partial charge in [0, 0.05) is 60.9 Å². The Kier molecular flexibility index (Phi) is 10.1. The molecule has 1 unspecified atom stereocenters. The molecule has 16 nitrogen and oxygen atoms in total. The number of nitrogens with zero attached hydrogens (tertiary/aromatic N) is 8. The second-order valence-corrected chi connectivity index (χ2v) is 18.6. The van der Waals surface area contributed by atoms with E-state index < -0.39 is 23.8 Å². The molecule has 4 aliphatic rings. The number of hydrogen-bond donors (Lipinski definition) is 2. The van der Waals surface area contributed by atoms with Gasteiger partial charge in [0.15, 0.2) is 0 Å². The number of aromatic nitrogens is 7. The predicted octanol–water partition coefficient (Wildman–Crippen LogP) is 6.87. The maximum absolute atomic E-state index is 15.6. The molecule has 1 saturated carbocycles. The van der Waals surface area contributed by atoms with E-state index in [-0.39, 0.29) is 29.4 Å². The van der Waals surface area contributed by atoms with Crippen LogP contribution >= 0.6 is 0 Å². The molecule has 17 heteroatoms. The van der Waals surface area contributed by atoms with Gasteiger partial charge in [-0.25, -0.2) is 18.7 Å². The van der Waals surface area contributed by atoms with Crippen molar-refractivity contribution >= 4 is 33.8 Å². The van der Waals surface area contributed by atoms with Crippen molar-refractivity contribution in [2.75, 3.05) is 26.9 Å². The highest BCUT2D eigenvalue weighted by Crippen LogP contribution is 2.55. The largest absolute Gasteiger partial charge is 0.427 e. The molecule has 342 valence electrons. The summed E-state index contributed by atoms with van der Waals surface area (Å²) in [5.41, 5.74) is 9.00. The van der Waals surface area contributed by atoms with Crippen LogP contribution in [0.1, 0.15) is 90.4 Å². The Morgan fingerprint density at radius 3 is 2.47 bits per heavy atom. The van der Waals surface area contributed by atoms with E-state index in [9.17, 15) is 9.59 Å². The van der Waals surface area contributed by atoms with Crippen molar-refractivity contribution in [3.63, 3.8) is 0 Å². The Bertz CT molecular complexity index is 3140. The first kappa shape index (κ1) is 42.1. The van der Waals surface area contributed by atoms with Crippen LogP contribution in [0.3, 0.4) is 0 Å². The van der Waals surface area contributed by atoms with Crippen molar-refractivity contribution in [1.82, 2.24) is 49.0 Å². The Labute approximate surface area is 379 Å². The molecule has 2 amide bonds. The van der Waals surface area contributed by atoms with Gasteiger partial charge in [-0.05, 0) is 124 Å². The van der Waals surface area contributed by atoms with E-state index in [4.69, 9.17) is 19.4 Å². The number of nitrogens with one attached hydrogen (secondary N) is 2. The summed E-state index contributed by atoms with van der Waals surface area (Å²) in [4.78, 5) is 50.0. The van der Waals surface area contributed by atoms with E-state index in [0.29, 0.717) is 79.1 Å². The molecule has 7 heterocycles. The standard InChI is InChI=1S/C49H53FN10O6/c1-27-19-37(20-28(2)43(27)50)60-44(57-15-14-56(48(57)63)36-8-10-39-35(23-36)26-51-58(39)16-18-64-6)42-31(5)55(13-11-38(42)53-60)45(61)41-24-34-22-32(33-12-17-65-30(4)21-33)7-9-40(34)59(41)49(25-29(49)3)46-52-47(62)66-54-46/h7-10,14-15,19-20,22-24,26,29-31,33,46,54H,11-13,16-18,21,25H2,1-6H3,(H,52,62)/t29-,30-,31-,33-,46?,49-/m0/s1. The summed E-state index contributed by atoms with van der Waals surface area (Å²) in [7, 11) is 1.65. The molecule has 11 rings (SSSR count). The fourth-order valence-corrected chi connectivity index (χ4v) is 11.0. The molecular weight excluding hydrogens is 844 g/mol. The Morgan fingerprint density at radius 2 is 1.74 bits per heavy atom. The molecule has 0 bridgehead atoms. The second-order valence-electron chi connectivity index (χ2n) is 18.6. The number of methoxy groups -OCH3 is 1. The van der Waals surface area contributed by atoms with E-state index in [1.54, 1.807) is 65.5 Å². The first-order chi connectivity index (χ1) is 31.9. The van der Waals surface area contributed by atoms with Crippen molar-refractivity contribution in [3.8, 4) is 17.2 Å². The number of imidazole rings is 1. The summed E-state index contributed by atoms with van der Waals surface area (Å²) in [6.07, 6.45) is 7.19. The van der Waals surface area contributed by atoms with Crippen molar-refractivity contribution in [2.24, 2.45) is 5.92 Å². The van der Waals surface area contributed by atoms with E-state index in [1.165, 1.54) is 5.56 Å². The third-order valence-electron chi connectivity index (χ3n) is 14.6. The number of fused-ring (bicyclic) bond motifs is 3. The van der Waals surface area contributed by atoms with Gasteiger partial charge in [0.2, 0.25) is 0 Å². The van der Waals surface area contributed by atoms with Crippen LogP contribution in [0.2, 0.25) is 0 Å². The van der Waals surface area contributed by atoms with Crippen LogP contribution in [0.4, 0.5) is 9.18 Å². The van der Waals surface area contributed by atoms with Gasteiger partial charge < -0.3 is 23.8 Å². The number of carbonyl (C=O) groups is 2. The van der Waals surface area contributed by atoms with E-state index in [1.807, 2.05) is 40.8 Å². The zero-order valence-electron chi connectivity index (χ0n) is 37.9. The minimum Gasteiger partial charge on any atom is -0.383 e. The van der Waals surface area contributed by atoms with E-state index in [0.717, 1.165) is 45.9 Å². The first-order valence-electron chi connectivity index (χ1n) is 22.8. The maximum atomic E-state index is 15.6. The van der Waals surface area contributed by atoms with Crippen LogP contribution in [0.15, 0.2) is 78.0 Å². The van der Waals surface area contributed by atoms with Crippen molar-refractivity contribution < 1.29 is 28.3 Å². The monoisotopic (exact) mass is 896 g/mol. The lowest BCUT2D eigenvalue weighted by molar-refractivity contribution is 0.0186. The molecule has 2 saturated heterocycles. The minimum atomic E-state index is -0.687. The number of halogens is 1. The fourth-order valence-electron chi connectivity index (χ4n) is 11.0. The van der Waals surface area contributed by atoms with Gasteiger partial charge in [-0.15, -0.1) is 5.48 Å². The van der Waals surface area contributed by atoms with Gasteiger partial charge in [-0.1, -0.05) is 13.0 Å². The number of carbonyl (C=O) groups excluding carboxylic acids is 2. The molecule has 3 aliphatic heterocycles. The van der Waals surface area contributed by atoms with Crippen molar-refractivity contribution in [2.45, 2.75) is 96.6 Å². The highest BCUT2D eigenvalue weighted by Gasteiger charge is 2.62. The van der Waals surface area contributed by atoms with E-state index in [2.05, 4.69) is 52.5 Å². The third kappa shape index (κ3) is 6.61. The van der Waals surface area contributed by atoms with Gasteiger partial charge in [0.05, 0.1) is 59.6 Å². The van der Waals surface area contributed by atoms with Crippen LogP contribution in [-0.4, -0.2) is 89.3 Å². The predicted molar refractivity (Wildman–Crippen MR) is 244 cm³/mol. The molecule has 7 aromatic rings. The van der Waals surface area contributed by atoms with Crippen LogP contribution < -0.4 is 16.5 Å². The lowest BCUT2D eigenvalue weighted by atomic mass is 9.88. The number of hydrogen-bond acceptors (Lipinski definition) is 9. The topological polar surface area (TPSA) is 157 Å². The number of benzene rings is 3. The molecule has 0 radical (unpaired) electrons. The summed E-state index contributed by atoms with van der Waals surface area (Å²) >= 11 is 0. The molecule has 1 aliphatic carbocycles. The lowest BCUT2D eigenvalue weighted by Gasteiger charge is -2.35. The molecule has 66 heavy (non-hydrogen) atoms. The molecule has 3 aromatic carbocycles. The number of ether oxygens (including phenoxy) is 2. The summed E-state index contributed by atoms with van der Waals surface area (Å²) in [6.45, 7) is 11.8. The number of rotatable bonds is 10. The van der Waals surface area contributed by atoms with Gasteiger partial charge in [-0.2, -0.15) is 10.2 Å². The SMILES string of the molecule is COCCn1ncc2cc(-n3ccn(-c4c5c(nn4-c4cc(C)c(F)c(C)c4)CCN(C(=O)c4cc6cc([C@H]7CCO[C@@H](C)C7)ccc6n4[C@@]4(C6NOC(=O)N6)C[C@@H]4C)[C@H]5C)c3=O)ccc21. The van der Waals surface area contributed by atoms with Crippen LogP contribution in [-0.2, 0) is 32.8 Å². The number of amides is 2. The van der Waals surface area contributed by atoms with Crippen molar-refractivity contribution in [3.05, 3.63) is 123 Å². The molecule has 4 aromatic heterocycles. The van der Waals surface area contributed by atoms with Crippen molar-refractivity contribution in [1.29, 1.82) is 0 Å². The van der Waals surface area contributed by atoms with Gasteiger partial charge in [0.25, 0.3) is 5.91 Å². The van der Waals surface area contributed by atoms with Crippen LogP contribution in [0.5, 0.6) is 0 Å². The fraction of sp³-hybridized carbons (Fsp3) is 0.408. The molecule has 6 atom stereocenters. The normalized spacial score (nSPS) is 24.0. The minimum absolute atomic E-state index is 0.0940. The summed E-state index contributed by atoms with van der Waals surface area (Å²) < 4.78 is 35.2. The zero-order chi connectivity index (χ0) is 45.8. The maximum Gasteiger partial charge on any atom is 0.427 e. The molecule has 3 fully saturated rings. The average molecular weight is 897 g/mol. The second kappa shape index (κ2) is 15.8. The van der Waals surface area contributed by atoms with Crippen LogP contribution in [0.25, 0.3) is 39.0 Å². The quantitative estimate of drug-likeness (QED) is 0.150. The Balaban J connectivity index is 1.03. The first-order valence-corrected chi connectivity index (χ1v) is 22.8. The number of aryl methyl sites for hydroxylation is 2. The number of hydroxylamine groups is 1. The zero-order valence-corrected chi connectivity index (χ0v) is 37.9. The highest BCUT2D eigenvalue weighted by atomic mass is 19.1. The third-order valence-corrected chi connectivity index (χ3v) is 14.6. The Hall–Kier alpha value is -6.56. The lowest BCUT2D eigenvalue weighted by Crippen LogP contribution is -2.49. The summed E-state index contributed by atoms with van der Waals surface area (Å²) in [6, 6.07) is 17.2. The van der Waals surface area contributed by atoms with Gasteiger partial charge in [-0.3, -0.25) is 23.9 Å². The molecule has 0 spiro atoms. The smallest absolute Gasteiger partial charge is 0.383 e.